The predicted octanol–water partition coefficient (Wildman–Crippen LogP) is 3.15. The minimum Gasteiger partial charge on any atom is -0.330 e. The summed E-state index contributed by atoms with van der Waals surface area (Å²) in [4.78, 5) is 0. The molecule has 2 rings (SSSR count). The Morgan fingerprint density at radius 2 is 1.47 bits per heavy atom. The van der Waals surface area contributed by atoms with Crippen molar-refractivity contribution >= 4 is 0 Å². The van der Waals surface area contributed by atoms with Crippen molar-refractivity contribution in [1.82, 2.24) is 0 Å². The highest BCUT2D eigenvalue weighted by molar-refractivity contribution is 4.97. The van der Waals surface area contributed by atoms with Crippen LogP contribution in [0.4, 0.5) is 0 Å². The summed E-state index contributed by atoms with van der Waals surface area (Å²) in [6, 6.07) is 0. The van der Waals surface area contributed by atoms with E-state index in [2.05, 4.69) is 27.7 Å². The van der Waals surface area contributed by atoms with E-state index in [4.69, 9.17) is 5.73 Å². The van der Waals surface area contributed by atoms with Crippen LogP contribution in [0.5, 0.6) is 0 Å². The van der Waals surface area contributed by atoms with Crippen molar-refractivity contribution in [1.29, 1.82) is 0 Å². The summed E-state index contributed by atoms with van der Waals surface area (Å²) in [7, 11) is 0. The third-order valence-electron chi connectivity index (χ3n) is 5.79. The molecule has 0 aromatic heterocycles. The van der Waals surface area contributed by atoms with Gasteiger partial charge in [-0.1, -0.05) is 27.7 Å². The number of nitrogens with two attached hydrogens (primary N) is 1. The SMILES string of the molecule is CC1C2CC2CC(CN)[C@@H](C)[C@@H](C)C1C. The van der Waals surface area contributed by atoms with Crippen LogP contribution in [-0.4, -0.2) is 6.54 Å². The van der Waals surface area contributed by atoms with Crippen molar-refractivity contribution in [3.63, 3.8) is 0 Å². The molecule has 15 heavy (non-hydrogen) atoms. The van der Waals surface area contributed by atoms with Gasteiger partial charge >= 0.3 is 0 Å². The first kappa shape index (κ1) is 11.4. The molecule has 0 aliphatic heterocycles. The average molecular weight is 209 g/mol. The second-order valence-electron chi connectivity index (χ2n) is 6.33. The van der Waals surface area contributed by atoms with Crippen LogP contribution < -0.4 is 5.73 Å². The van der Waals surface area contributed by atoms with Crippen molar-refractivity contribution in [3.8, 4) is 0 Å². The molecule has 0 spiro atoms. The normalized spacial score (nSPS) is 55.4. The van der Waals surface area contributed by atoms with Crippen LogP contribution in [0.1, 0.15) is 40.5 Å². The van der Waals surface area contributed by atoms with Crippen LogP contribution >= 0.6 is 0 Å². The van der Waals surface area contributed by atoms with Gasteiger partial charge in [-0.2, -0.15) is 0 Å². The molecule has 0 aromatic rings. The van der Waals surface area contributed by atoms with Gasteiger partial charge in [0.05, 0.1) is 0 Å². The molecule has 2 saturated carbocycles. The molecule has 2 aliphatic rings. The fourth-order valence-electron chi connectivity index (χ4n) is 3.88. The molecule has 2 N–H and O–H groups in total. The molecule has 88 valence electrons. The third kappa shape index (κ3) is 1.95. The molecule has 0 radical (unpaired) electrons. The van der Waals surface area contributed by atoms with Crippen LogP contribution in [-0.2, 0) is 0 Å². The monoisotopic (exact) mass is 209 g/mol. The van der Waals surface area contributed by atoms with Gasteiger partial charge < -0.3 is 5.73 Å². The van der Waals surface area contributed by atoms with Crippen LogP contribution in [0, 0.1) is 41.4 Å². The van der Waals surface area contributed by atoms with E-state index in [1.165, 1.54) is 12.8 Å². The molecule has 0 bridgehead atoms. The standard InChI is InChI=1S/C14H27N/c1-8-9(2)11(4)14-6-12(14)5-13(7-15)10(8)3/h8-14H,5-7,15H2,1-4H3/t8-,9?,10-,11?,12?,13?,14?/m0/s1. The summed E-state index contributed by atoms with van der Waals surface area (Å²) >= 11 is 0. The van der Waals surface area contributed by atoms with Gasteiger partial charge in [0.15, 0.2) is 0 Å². The summed E-state index contributed by atoms with van der Waals surface area (Å²) in [6.07, 6.45) is 2.89. The Kier molecular flexibility index (Phi) is 3.12. The Morgan fingerprint density at radius 3 is 2.07 bits per heavy atom. The zero-order chi connectivity index (χ0) is 11.2. The lowest BCUT2D eigenvalue weighted by Crippen LogP contribution is -2.34. The summed E-state index contributed by atoms with van der Waals surface area (Å²) in [5, 5.41) is 0. The molecular formula is C14H27N. The molecule has 7 atom stereocenters. The summed E-state index contributed by atoms with van der Waals surface area (Å²) in [5.41, 5.74) is 5.94. The molecule has 5 unspecified atom stereocenters. The van der Waals surface area contributed by atoms with Gasteiger partial charge in [0.1, 0.15) is 0 Å². The van der Waals surface area contributed by atoms with Crippen molar-refractivity contribution in [2.75, 3.05) is 6.54 Å². The number of hydrogen-bond donors (Lipinski definition) is 1. The Labute approximate surface area is 94.8 Å². The van der Waals surface area contributed by atoms with Crippen LogP contribution in [0.15, 0.2) is 0 Å². The lowest BCUT2D eigenvalue weighted by molar-refractivity contribution is 0.121. The molecule has 0 aromatic carbocycles. The lowest BCUT2D eigenvalue weighted by Gasteiger charge is -2.37. The van der Waals surface area contributed by atoms with Crippen molar-refractivity contribution < 1.29 is 0 Å². The van der Waals surface area contributed by atoms with Gasteiger partial charge in [0, 0.05) is 0 Å². The van der Waals surface area contributed by atoms with Crippen LogP contribution in [0.2, 0.25) is 0 Å². The fourth-order valence-corrected chi connectivity index (χ4v) is 3.88. The van der Waals surface area contributed by atoms with Crippen molar-refractivity contribution in [2.45, 2.75) is 40.5 Å². The van der Waals surface area contributed by atoms with Gasteiger partial charge in [-0.3, -0.25) is 0 Å². The first-order valence-electron chi connectivity index (χ1n) is 6.76. The largest absolute Gasteiger partial charge is 0.330 e. The zero-order valence-electron chi connectivity index (χ0n) is 10.7. The fraction of sp³-hybridized carbons (Fsp3) is 1.00. The van der Waals surface area contributed by atoms with E-state index in [1.54, 1.807) is 0 Å². The summed E-state index contributed by atoms with van der Waals surface area (Å²) in [6.45, 7) is 10.7. The van der Waals surface area contributed by atoms with Crippen molar-refractivity contribution in [3.05, 3.63) is 0 Å². The molecule has 1 heteroatoms. The maximum absolute atomic E-state index is 5.94. The molecule has 0 saturated heterocycles. The second kappa shape index (κ2) is 4.08. The number of rotatable bonds is 1. The van der Waals surface area contributed by atoms with Crippen LogP contribution in [0.25, 0.3) is 0 Å². The van der Waals surface area contributed by atoms with Gasteiger partial charge in [0.25, 0.3) is 0 Å². The topological polar surface area (TPSA) is 26.0 Å². The van der Waals surface area contributed by atoms with Gasteiger partial charge in [-0.15, -0.1) is 0 Å². The Morgan fingerprint density at radius 1 is 0.867 bits per heavy atom. The minimum atomic E-state index is 0.782. The first-order valence-corrected chi connectivity index (χ1v) is 6.76. The third-order valence-corrected chi connectivity index (χ3v) is 5.79. The van der Waals surface area contributed by atoms with E-state index in [-0.39, 0.29) is 0 Å². The summed E-state index contributed by atoms with van der Waals surface area (Å²) in [5.74, 6) is 6.31. The van der Waals surface area contributed by atoms with Gasteiger partial charge in [-0.05, 0) is 60.8 Å². The smallest absolute Gasteiger partial charge is 0.00461 e. The Bertz CT molecular complexity index is 219. The Balaban J connectivity index is 2.13. The zero-order valence-corrected chi connectivity index (χ0v) is 10.7. The van der Waals surface area contributed by atoms with E-state index >= 15 is 0 Å². The highest BCUT2D eigenvalue weighted by Crippen LogP contribution is 2.54. The Hall–Kier alpha value is -0.0400. The maximum atomic E-state index is 5.94. The molecule has 1 nitrogen and oxygen atoms in total. The molecule has 0 amide bonds. The highest BCUT2D eigenvalue weighted by atomic mass is 14.6. The second-order valence-corrected chi connectivity index (χ2v) is 6.33. The van der Waals surface area contributed by atoms with E-state index in [0.717, 1.165) is 48.0 Å². The van der Waals surface area contributed by atoms with Gasteiger partial charge in [-0.25, -0.2) is 0 Å². The quantitative estimate of drug-likeness (QED) is 0.705. The molecule has 2 aliphatic carbocycles. The molecule has 2 fully saturated rings. The minimum absolute atomic E-state index is 0.782. The predicted molar refractivity (Wildman–Crippen MR) is 65.4 cm³/mol. The number of fused-ring (bicyclic) bond motifs is 1. The van der Waals surface area contributed by atoms with Crippen molar-refractivity contribution in [2.24, 2.45) is 47.2 Å². The average Bonchev–Trinajstić information content (AvgIpc) is 3.00. The highest BCUT2D eigenvalue weighted by Gasteiger charge is 2.47. The van der Waals surface area contributed by atoms with Gasteiger partial charge in [0.2, 0.25) is 0 Å². The van der Waals surface area contributed by atoms with Crippen LogP contribution in [0.3, 0.4) is 0 Å². The van der Waals surface area contributed by atoms with E-state index < -0.39 is 0 Å². The maximum Gasteiger partial charge on any atom is -0.00461 e. The number of hydrogen-bond acceptors (Lipinski definition) is 1. The molecular weight excluding hydrogens is 182 g/mol. The van der Waals surface area contributed by atoms with E-state index in [0.29, 0.717) is 0 Å². The first-order chi connectivity index (χ1) is 7.06. The van der Waals surface area contributed by atoms with E-state index in [9.17, 15) is 0 Å². The lowest BCUT2D eigenvalue weighted by atomic mass is 9.69. The van der Waals surface area contributed by atoms with E-state index in [1.807, 2.05) is 0 Å². The summed E-state index contributed by atoms with van der Waals surface area (Å²) < 4.78 is 0. The molecule has 0 heterocycles.